The summed E-state index contributed by atoms with van der Waals surface area (Å²) in [6, 6.07) is 6.55. The van der Waals surface area contributed by atoms with E-state index in [9.17, 15) is 0 Å². The molecule has 2 N–H and O–H groups in total. The largest absolute Gasteiger partial charge is 0.490 e. The van der Waals surface area contributed by atoms with Crippen LogP contribution in [0.25, 0.3) is 0 Å². The van der Waals surface area contributed by atoms with Gasteiger partial charge in [-0.1, -0.05) is 6.07 Å². The number of aliphatic imine (C=N–C) groups is 1. The summed E-state index contributed by atoms with van der Waals surface area (Å²) in [6.45, 7) is 1.98. The average Bonchev–Trinajstić information content (AvgIpc) is 3.29. The van der Waals surface area contributed by atoms with E-state index in [1.165, 1.54) is 12.8 Å². The summed E-state index contributed by atoms with van der Waals surface area (Å²) in [7, 11) is 2.00. The first-order valence-electron chi connectivity index (χ1n) is 7.15. The number of hydrogen-bond acceptors (Lipinski definition) is 3. The van der Waals surface area contributed by atoms with E-state index in [0.717, 1.165) is 23.5 Å². The molecule has 0 atom stereocenters. The lowest BCUT2D eigenvalue weighted by molar-refractivity contribution is 0.297. The molecule has 1 heterocycles. The molecular weight excluding hydrogens is 254 g/mol. The summed E-state index contributed by atoms with van der Waals surface area (Å²) in [6.07, 6.45) is 3.36. The Balaban J connectivity index is 1.68. The molecule has 5 nitrogen and oxygen atoms in total. The zero-order valence-electron chi connectivity index (χ0n) is 11.8. The summed E-state index contributed by atoms with van der Waals surface area (Å²) in [5.74, 6) is 2.24. The maximum absolute atomic E-state index is 5.99. The molecular formula is C15H21N3O2. The minimum absolute atomic E-state index is 0.569. The summed E-state index contributed by atoms with van der Waals surface area (Å²) in [5.41, 5.74) is 7.07. The van der Waals surface area contributed by atoms with Crippen LogP contribution in [0.1, 0.15) is 24.8 Å². The molecule has 1 aromatic carbocycles. The quantitative estimate of drug-likeness (QED) is 0.674. The van der Waals surface area contributed by atoms with Crippen LogP contribution in [0.4, 0.5) is 0 Å². The maximum atomic E-state index is 5.99. The predicted octanol–water partition coefficient (Wildman–Crippen LogP) is 1.76. The molecule has 0 aromatic heterocycles. The Morgan fingerprint density at radius 2 is 2.05 bits per heavy atom. The standard InChI is InChI=1S/C15H21N3O2/c1-18(12-4-5-12)15(16)17-10-11-3-6-13-14(9-11)20-8-2-7-19-13/h3,6,9,12H,2,4-5,7-8,10H2,1H3,(H2,16,17). The van der Waals surface area contributed by atoms with E-state index in [2.05, 4.69) is 9.89 Å². The number of ether oxygens (including phenoxy) is 2. The Hall–Kier alpha value is -1.91. The van der Waals surface area contributed by atoms with Gasteiger partial charge in [0.1, 0.15) is 0 Å². The predicted molar refractivity (Wildman–Crippen MR) is 78.2 cm³/mol. The number of nitrogens with two attached hydrogens (primary N) is 1. The summed E-state index contributed by atoms with van der Waals surface area (Å²) < 4.78 is 11.3. The van der Waals surface area contributed by atoms with Gasteiger partial charge in [-0.2, -0.15) is 0 Å². The number of benzene rings is 1. The molecule has 1 aliphatic heterocycles. The molecule has 1 saturated carbocycles. The number of nitrogens with zero attached hydrogens (tertiary/aromatic N) is 2. The van der Waals surface area contributed by atoms with Crippen LogP contribution < -0.4 is 15.2 Å². The van der Waals surface area contributed by atoms with Gasteiger partial charge in [-0.3, -0.25) is 0 Å². The third-order valence-electron chi connectivity index (χ3n) is 3.69. The van der Waals surface area contributed by atoms with Crippen molar-refractivity contribution in [3.63, 3.8) is 0 Å². The summed E-state index contributed by atoms with van der Waals surface area (Å²) in [5, 5.41) is 0. The highest BCUT2D eigenvalue weighted by Gasteiger charge is 2.27. The maximum Gasteiger partial charge on any atom is 0.191 e. The molecule has 1 fully saturated rings. The molecule has 0 unspecified atom stereocenters. The minimum Gasteiger partial charge on any atom is -0.490 e. The van der Waals surface area contributed by atoms with Crippen LogP contribution in [0.15, 0.2) is 23.2 Å². The van der Waals surface area contributed by atoms with Gasteiger partial charge in [0, 0.05) is 19.5 Å². The molecule has 20 heavy (non-hydrogen) atoms. The molecule has 0 bridgehead atoms. The van der Waals surface area contributed by atoms with Crippen molar-refractivity contribution in [3.05, 3.63) is 23.8 Å². The average molecular weight is 275 g/mol. The molecule has 0 spiro atoms. The third kappa shape index (κ3) is 2.98. The SMILES string of the molecule is CN(C(N)=NCc1ccc2c(c1)OCCCO2)C1CC1. The van der Waals surface area contributed by atoms with Crippen LogP contribution in [-0.4, -0.2) is 37.2 Å². The fourth-order valence-electron chi connectivity index (χ4n) is 2.24. The second-order valence-electron chi connectivity index (χ2n) is 5.35. The highest BCUT2D eigenvalue weighted by molar-refractivity contribution is 5.78. The van der Waals surface area contributed by atoms with Gasteiger partial charge < -0.3 is 20.1 Å². The molecule has 2 aliphatic rings. The Morgan fingerprint density at radius 3 is 2.80 bits per heavy atom. The van der Waals surface area contributed by atoms with Crippen molar-refractivity contribution < 1.29 is 9.47 Å². The number of hydrogen-bond donors (Lipinski definition) is 1. The van der Waals surface area contributed by atoms with E-state index in [1.807, 2.05) is 25.2 Å². The second-order valence-corrected chi connectivity index (χ2v) is 5.35. The van der Waals surface area contributed by atoms with Crippen LogP contribution >= 0.6 is 0 Å². The van der Waals surface area contributed by atoms with Crippen molar-refractivity contribution in [3.8, 4) is 11.5 Å². The molecule has 108 valence electrons. The minimum atomic E-state index is 0.569. The first kappa shape index (κ1) is 13.1. The van der Waals surface area contributed by atoms with Crippen LogP contribution in [0.5, 0.6) is 11.5 Å². The van der Waals surface area contributed by atoms with Gasteiger partial charge in [0.2, 0.25) is 0 Å². The van der Waals surface area contributed by atoms with Crippen molar-refractivity contribution in [1.29, 1.82) is 0 Å². The van der Waals surface area contributed by atoms with Gasteiger partial charge in [0.15, 0.2) is 17.5 Å². The zero-order chi connectivity index (χ0) is 13.9. The Labute approximate surface area is 119 Å². The third-order valence-corrected chi connectivity index (χ3v) is 3.69. The van der Waals surface area contributed by atoms with E-state index in [4.69, 9.17) is 15.2 Å². The molecule has 0 radical (unpaired) electrons. The van der Waals surface area contributed by atoms with Crippen molar-refractivity contribution in [2.24, 2.45) is 10.7 Å². The summed E-state index contributed by atoms with van der Waals surface area (Å²) in [4.78, 5) is 6.51. The molecule has 1 aromatic rings. The smallest absolute Gasteiger partial charge is 0.191 e. The lowest BCUT2D eigenvalue weighted by Crippen LogP contribution is -2.35. The van der Waals surface area contributed by atoms with E-state index in [-0.39, 0.29) is 0 Å². The highest BCUT2D eigenvalue weighted by atomic mass is 16.5. The van der Waals surface area contributed by atoms with Crippen LogP contribution in [0, 0.1) is 0 Å². The molecule has 3 rings (SSSR count). The van der Waals surface area contributed by atoms with Gasteiger partial charge in [0.25, 0.3) is 0 Å². The summed E-state index contributed by atoms with van der Waals surface area (Å²) >= 11 is 0. The van der Waals surface area contributed by atoms with Crippen LogP contribution in [-0.2, 0) is 6.54 Å². The first-order chi connectivity index (χ1) is 9.74. The zero-order valence-corrected chi connectivity index (χ0v) is 11.8. The van der Waals surface area contributed by atoms with Gasteiger partial charge in [-0.05, 0) is 30.5 Å². The lowest BCUT2D eigenvalue weighted by Gasteiger charge is -2.17. The molecule has 0 saturated heterocycles. The first-order valence-corrected chi connectivity index (χ1v) is 7.15. The van der Waals surface area contributed by atoms with Crippen LogP contribution in [0.2, 0.25) is 0 Å². The van der Waals surface area contributed by atoms with Crippen molar-refractivity contribution >= 4 is 5.96 Å². The Bertz CT molecular complexity index is 512. The van der Waals surface area contributed by atoms with Gasteiger partial charge >= 0.3 is 0 Å². The van der Waals surface area contributed by atoms with Crippen LogP contribution in [0.3, 0.4) is 0 Å². The molecule has 1 aliphatic carbocycles. The van der Waals surface area contributed by atoms with Gasteiger partial charge in [-0.25, -0.2) is 4.99 Å². The second kappa shape index (κ2) is 5.61. The van der Waals surface area contributed by atoms with E-state index in [0.29, 0.717) is 31.8 Å². The van der Waals surface area contributed by atoms with Crippen molar-refractivity contribution in [2.45, 2.75) is 31.8 Å². The Kier molecular flexibility index (Phi) is 3.67. The van der Waals surface area contributed by atoms with Crippen molar-refractivity contribution in [1.82, 2.24) is 4.90 Å². The normalized spacial score (nSPS) is 18.6. The van der Waals surface area contributed by atoms with E-state index >= 15 is 0 Å². The van der Waals surface area contributed by atoms with Gasteiger partial charge in [0.05, 0.1) is 19.8 Å². The monoisotopic (exact) mass is 275 g/mol. The fraction of sp³-hybridized carbons (Fsp3) is 0.533. The molecule has 5 heteroatoms. The van der Waals surface area contributed by atoms with Crippen molar-refractivity contribution in [2.75, 3.05) is 20.3 Å². The van der Waals surface area contributed by atoms with Gasteiger partial charge in [-0.15, -0.1) is 0 Å². The highest BCUT2D eigenvalue weighted by Crippen LogP contribution is 2.30. The van der Waals surface area contributed by atoms with E-state index < -0.39 is 0 Å². The van der Waals surface area contributed by atoms with E-state index in [1.54, 1.807) is 0 Å². The Morgan fingerprint density at radius 1 is 1.30 bits per heavy atom. The number of fused-ring (bicyclic) bond motifs is 1. The number of rotatable bonds is 3. The topological polar surface area (TPSA) is 60.1 Å². The lowest BCUT2D eigenvalue weighted by atomic mass is 10.2. The fourth-order valence-corrected chi connectivity index (χ4v) is 2.24. The molecule has 0 amide bonds. The number of guanidine groups is 1.